The molecular weight excluding hydrogens is 222 g/mol. The van der Waals surface area contributed by atoms with E-state index in [1.165, 1.54) is 6.92 Å². The van der Waals surface area contributed by atoms with Crippen molar-refractivity contribution in [2.45, 2.75) is 31.9 Å². The summed E-state index contributed by atoms with van der Waals surface area (Å²) in [4.78, 5) is 22.3. The second kappa shape index (κ2) is 6.60. The first-order valence-corrected chi connectivity index (χ1v) is 4.58. The summed E-state index contributed by atoms with van der Waals surface area (Å²) in [6.45, 7) is 2.13. The maximum absolute atomic E-state index is 11.3. The molecule has 1 heterocycles. The topological polar surface area (TPSA) is 93.5 Å². The standard InChI is InChI=1S/C8H15N3O3.ClH/c1-5(9)7(12)10-11-8(13)6-3-2-4-14-6;/h5-6H,2-4,9H2,1H3,(H,10,12)(H,11,13);1H. The molecule has 0 radical (unpaired) electrons. The Labute approximate surface area is 94.3 Å². The molecule has 88 valence electrons. The van der Waals surface area contributed by atoms with Gasteiger partial charge in [-0.1, -0.05) is 0 Å². The van der Waals surface area contributed by atoms with E-state index < -0.39 is 18.1 Å². The van der Waals surface area contributed by atoms with Crippen LogP contribution in [-0.4, -0.2) is 30.6 Å². The van der Waals surface area contributed by atoms with E-state index in [4.69, 9.17) is 10.5 Å². The van der Waals surface area contributed by atoms with E-state index in [-0.39, 0.29) is 18.3 Å². The molecule has 0 aliphatic carbocycles. The molecule has 0 aromatic carbocycles. The molecule has 1 rings (SSSR count). The Hall–Kier alpha value is -0.850. The maximum Gasteiger partial charge on any atom is 0.267 e. The van der Waals surface area contributed by atoms with Crippen molar-refractivity contribution in [3.05, 3.63) is 0 Å². The number of rotatable bonds is 2. The Bertz CT molecular complexity index is 229. The highest BCUT2D eigenvalue weighted by molar-refractivity contribution is 5.86. The van der Waals surface area contributed by atoms with Crippen LogP contribution >= 0.6 is 12.4 Å². The number of carbonyl (C=O) groups is 2. The molecule has 1 aliphatic rings. The normalized spacial score (nSPS) is 21.3. The Kier molecular flexibility index (Phi) is 6.23. The fraction of sp³-hybridized carbons (Fsp3) is 0.750. The number of amides is 2. The maximum atomic E-state index is 11.3. The Balaban J connectivity index is 0.00000196. The lowest BCUT2D eigenvalue weighted by atomic mass is 10.2. The zero-order valence-electron chi connectivity index (χ0n) is 8.49. The summed E-state index contributed by atoms with van der Waals surface area (Å²) < 4.78 is 5.11. The Morgan fingerprint density at radius 3 is 2.60 bits per heavy atom. The van der Waals surface area contributed by atoms with Gasteiger partial charge in [-0.2, -0.15) is 0 Å². The van der Waals surface area contributed by atoms with E-state index in [0.717, 1.165) is 6.42 Å². The van der Waals surface area contributed by atoms with Gasteiger partial charge in [-0.3, -0.25) is 20.4 Å². The second-order valence-electron chi connectivity index (χ2n) is 3.27. The molecule has 0 bridgehead atoms. The third-order valence-electron chi connectivity index (χ3n) is 1.94. The molecular formula is C8H16ClN3O3. The highest BCUT2D eigenvalue weighted by Crippen LogP contribution is 2.11. The average Bonchev–Trinajstić information content (AvgIpc) is 2.66. The van der Waals surface area contributed by atoms with Gasteiger partial charge in [0.2, 0.25) is 0 Å². The molecule has 0 aromatic rings. The van der Waals surface area contributed by atoms with Crippen LogP contribution in [0, 0.1) is 0 Å². The molecule has 0 aromatic heterocycles. The molecule has 15 heavy (non-hydrogen) atoms. The van der Waals surface area contributed by atoms with Crippen LogP contribution in [0.25, 0.3) is 0 Å². The minimum atomic E-state index is -0.639. The first kappa shape index (κ1) is 14.2. The van der Waals surface area contributed by atoms with Gasteiger partial charge in [0, 0.05) is 6.61 Å². The van der Waals surface area contributed by atoms with Crippen LogP contribution in [0.2, 0.25) is 0 Å². The summed E-state index contributed by atoms with van der Waals surface area (Å²) in [5.74, 6) is -0.743. The van der Waals surface area contributed by atoms with Crippen molar-refractivity contribution in [3.63, 3.8) is 0 Å². The van der Waals surface area contributed by atoms with Crippen molar-refractivity contribution in [3.8, 4) is 0 Å². The number of carbonyl (C=O) groups excluding carboxylic acids is 2. The molecule has 2 atom stereocenters. The molecule has 2 unspecified atom stereocenters. The van der Waals surface area contributed by atoms with Crippen LogP contribution in [0.4, 0.5) is 0 Å². The monoisotopic (exact) mass is 237 g/mol. The Morgan fingerprint density at radius 2 is 2.13 bits per heavy atom. The van der Waals surface area contributed by atoms with Gasteiger partial charge in [0.05, 0.1) is 6.04 Å². The van der Waals surface area contributed by atoms with Gasteiger partial charge in [-0.05, 0) is 19.8 Å². The summed E-state index contributed by atoms with van der Waals surface area (Å²) >= 11 is 0. The molecule has 1 saturated heterocycles. The van der Waals surface area contributed by atoms with Crippen LogP contribution in [0.1, 0.15) is 19.8 Å². The number of hydrogen-bond donors (Lipinski definition) is 3. The molecule has 2 amide bonds. The van der Waals surface area contributed by atoms with Crippen molar-refractivity contribution in [2.75, 3.05) is 6.61 Å². The molecule has 1 aliphatic heterocycles. The smallest absolute Gasteiger partial charge is 0.267 e. The van der Waals surface area contributed by atoms with Crippen molar-refractivity contribution in [2.24, 2.45) is 5.73 Å². The van der Waals surface area contributed by atoms with Crippen LogP contribution < -0.4 is 16.6 Å². The lowest BCUT2D eigenvalue weighted by molar-refractivity contribution is -0.135. The molecule has 6 nitrogen and oxygen atoms in total. The zero-order chi connectivity index (χ0) is 10.6. The number of nitrogens with one attached hydrogen (secondary N) is 2. The van der Waals surface area contributed by atoms with E-state index in [1.807, 2.05) is 0 Å². The fourth-order valence-electron chi connectivity index (χ4n) is 1.10. The average molecular weight is 238 g/mol. The summed E-state index contributed by atoms with van der Waals surface area (Å²) in [5, 5.41) is 0. The Morgan fingerprint density at radius 1 is 1.47 bits per heavy atom. The second-order valence-corrected chi connectivity index (χ2v) is 3.27. The third-order valence-corrected chi connectivity index (χ3v) is 1.94. The minimum Gasteiger partial charge on any atom is -0.368 e. The highest BCUT2D eigenvalue weighted by atomic mass is 35.5. The first-order chi connectivity index (χ1) is 6.61. The van der Waals surface area contributed by atoms with Crippen LogP contribution in [0.15, 0.2) is 0 Å². The zero-order valence-corrected chi connectivity index (χ0v) is 9.30. The fourth-order valence-corrected chi connectivity index (χ4v) is 1.10. The number of ether oxygens (including phenoxy) is 1. The van der Waals surface area contributed by atoms with E-state index >= 15 is 0 Å². The lowest BCUT2D eigenvalue weighted by Crippen LogP contribution is -2.50. The summed E-state index contributed by atoms with van der Waals surface area (Å²) in [6, 6.07) is -0.639. The van der Waals surface area contributed by atoms with Crippen molar-refractivity contribution >= 4 is 24.2 Å². The predicted molar refractivity (Wildman–Crippen MR) is 56.2 cm³/mol. The van der Waals surface area contributed by atoms with Gasteiger partial charge in [0.25, 0.3) is 11.8 Å². The summed E-state index contributed by atoms with van der Waals surface area (Å²) in [6.07, 6.45) is 1.13. The van der Waals surface area contributed by atoms with Crippen LogP contribution in [0.5, 0.6) is 0 Å². The number of nitrogens with two attached hydrogens (primary N) is 1. The molecule has 7 heteroatoms. The van der Waals surface area contributed by atoms with E-state index in [2.05, 4.69) is 10.9 Å². The van der Waals surface area contributed by atoms with E-state index in [0.29, 0.717) is 13.0 Å². The quantitative estimate of drug-likeness (QED) is 0.542. The summed E-state index contributed by atoms with van der Waals surface area (Å²) in [7, 11) is 0. The third kappa shape index (κ3) is 4.46. The number of halogens is 1. The molecule has 0 saturated carbocycles. The van der Waals surface area contributed by atoms with Crippen molar-refractivity contribution in [1.29, 1.82) is 0 Å². The van der Waals surface area contributed by atoms with E-state index in [1.54, 1.807) is 0 Å². The highest BCUT2D eigenvalue weighted by Gasteiger charge is 2.23. The number of hydrogen-bond acceptors (Lipinski definition) is 4. The first-order valence-electron chi connectivity index (χ1n) is 4.58. The predicted octanol–water partition coefficient (Wildman–Crippen LogP) is -0.918. The van der Waals surface area contributed by atoms with Gasteiger partial charge in [0.1, 0.15) is 6.10 Å². The van der Waals surface area contributed by atoms with Crippen molar-refractivity contribution < 1.29 is 14.3 Å². The largest absolute Gasteiger partial charge is 0.368 e. The minimum absolute atomic E-state index is 0. The van der Waals surface area contributed by atoms with Crippen LogP contribution in [0.3, 0.4) is 0 Å². The summed E-state index contributed by atoms with van der Waals surface area (Å²) in [5.41, 5.74) is 9.76. The van der Waals surface area contributed by atoms with Gasteiger partial charge >= 0.3 is 0 Å². The van der Waals surface area contributed by atoms with Gasteiger partial charge in [0.15, 0.2) is 0 Å². The molecule has 4 N–H and O–H groups in total. The lowest BCUT2D eigenvalue weighted by Gasteiger charge is -2.12. The van der Waals surface area contributed by atoms with Crippen LogP contribution in [-0.2, 0) is 14.3 Å². The van der Waals surface area contributed by atoms with E-state index in [9.17, 15) is 9.59 Å². The van der Waals surface area contributed by atoms with Gasteiger partial charge < -0.3 is 10.5 Å². The molecule has 0 spiro atoms. The number of hydrazine groups is 1. The molecule has 1 fully saturated rings. The van der Waals surface area contributed by atoms with Gasteiger partial charge in [-0.15, -0.1) is 12.4 Å². The van der Waals surface area contributed by atoms with Gasteiger partial charge in [-0.25, -0.2) is 0 Å². The SMILES string of the molecule is CC(N)C(=O)NNC(=O)C1CCCO1.Cl. The van der Waals surface area contributed by atoms with Crippen molar-refractivity contribution in [1.82, 2.24) is 10.9 Å².